The molecule has 0 fully saturated rings. The van der Waals surface area contributed by atoms with Gasteiger partial charge in [-0.2, -0.15) is 0 Å². The Labute approximate surface area is 99.4 Å². The van der Waals surface area contributed by atoms with Crippen LogP contribution >= 0.6 is 11.3 Å². The van der Waals surface area contributed by atoms with Gasteiger partial charge in [-0.1, -0.05) is 0 Å². The minimum absolute atomic E-state index is 0.113. The fourth-order valence-corrected chi connectivity index (χ4v) is 1.83. The maximum absolute atomic E-state index is 11.5. The Hall–Kier alpha value is -1.14. The van der Waals surface area contributed by atoms with Crippen LogP contribution in [0.5, 0.6) is 0 Å². The number of carbonyl (C=O) groups is 1. The van der Waals surface area contributed by atoms with Gasteiger partial charge in [0.1, 0.15) is 0 Å². The molecule has 0 saturated heterocycles. The van der Waals surface area contributed by atoms with E-state index in [1.54, 1.807) is 0 Å². The molecule has 0 saturated carbocycles. The fourth-order valence-electron chi connectivity index (χ4n) is 1.02. The van der Waals surface area contributed by atoms with Gasteiger partial charge in [-0.25, -0.2) is 9.78 Å². The molecule has 0 bridgehead atoms. The number of carbonyl (C=O) groups excluding carboxylic acids is 1. The van der Waals surface area contributed by atoms with Crippen LogP contribution in [0.4, 0.5) is 9.93 Å². The summed E-state index contributed by atoms with van der Waals surface area (Å²) in [6, 6.07) is -0.365. The molecular weight excluding hydrogens is 224 g/mol. The molecule has 4 N–H and O–H groups in total. The predicted molar refractivity (Wildman–Crippen MR) is 66.6 cm³/mol. The van der Waals surface area contributed by atoms with Crippen molar-refractivity contribution in [3.63, 3.8) is 0 Å². The molecule has 6 heteroatoms. The number of thiazole rings is 1. The Balaban J connectivity index is 2.57. The van der Waals surface area contributed by atoms with E-state index in [4.69, 9.17) is 5.73 Å². The standard InChI is InChI=1S/C10H18N4OS/c1-6(11)7-5-16-9(12-7)13-8(15)14-10(2,3)4/h5-6H,11H2,1-4H3,(H2,12,13,14,15). The van der Waals surface area contributed by atoms with Gasteiger partial charge in [0.05, 0.1) is 5.69 Å². The zero-order chi connectivity index (χ0) is 12.3. The number of nitrogens with two attached hydrogens (primary N) is 1. The molecule has 1 unspecified atom stereocenters. The summed E-state index contributed by atoms with van der Waals surface area (Å²) in [6.45, 7) is 7.61. The lowest BCUT2D eigenvalue weighted by Gasteiger charge is -2.20. The van der Waals surface area contributed by atoms with Gasteiger partial charge in [0.2, 0.25) is 0 Å². The first-order valence-corrected chi connectivity index (χ1v) is 5.96. The number of nitrogens with one attached hydrogen (secondary N) is 2. The molecule has 1 rings (SSSR count). The van der Waals surface area contributed by atoms with Crippen molar-refractivity contribution in [2.75, 3.05) is 5.32 Å². The number of anilines is 1. The summed E-state index contributed by atoms with van der Waals surface area (Å²) in [6.07, 6.45) is 0. The highest BCUT2D eigenvalue weighted by Crippen LogP contribution is 2.19. The molecule has 2 amide bonds. The molecule has 1 aromatic rings. The largest absolute Gasteiger partial charge is 0.333 e. The highest BCUT2D eigenvalue weighted by Gasteiger charge is 2.15. The Morgan fingerprint density at radius 2 is 2.19 bits per heavy atom. The van der Waals surface area contributed by atoms with Crippen molar-refractivity contribution in [1.29, 1.82) is 0 Å². The summed E-state index contributed by atoms with van der Waals surface area (Å²) in [5.74, 6) is 0. The lowest BCUT2D eigenvalue weighted by Crippen LogP contribution is -2.43. The molecule has 1 aromatic heterocycles. The maximum Gasteiger partial charge on any atom is 0.321 e. The quantitative estimate of drug-likeness (QED) is 0.742. The van der Waals surface area contributed by atoms with Crippen LogP contribution in [0, 0.1) is 0 Å². The van der Waals surface area contributed by atoms with Gasteiger partial charge in [0, 0.05) is 17.0 Å². The number of hydrogen-bond acceptors (Lipinski definition) is 4. The molecule has 0 aliphatic rings. The molecule has 0 aromatic carbocycles. The second kappa shape index (κ2) is 4.80. The molecule has 0 aliphatic carbocycles. The number of rotatable bonds is 2. The Kier molecular flexibility index (Phi) is 3.88. The van der Waals surface area contributed by atoms with Crippen molar-refractivity contribution in [3.8, 4) is 0 Å². The second-order valence-corrected chi connectivity index (χ2v) is 5.55. The highest BCUT2D eigenvalue weighted by atomic mass is 32.1. The van der Waals surface area contributed by atoms with Crippen LogP contribution in [0.1, 0.15) is 39.4 Å². The topological polar surface area (TPSA) is 80.0 Å². The fraction of sp³-hybridized carbons (Fsp3) is 0.600. The first-order chi connectivity index (χ1) is 7.28. The predicted octanol–water partition coefficient (Wildman–Crippen LogP) is 2.08. The van der Waals surface area contributed by atoms with Crippen molar-refractivity contribution in [2.24, 2.45) is 5.73 Å². The molecule has 5 nitrogen and oxygen atoms in total. The highest BCUT2D eigenvalue weighted by molar-refractivity contribution is 7.13. The van der Waals surface area contributed by atoms with Gasteiger partial charge in [-0.3, -0.25) is 5.32 Å². The van der Waals surface area contributed by atoms with Crippen molar-refractivity contribution in [2.45, 2.75) is 39.3 Å². The number of aromatic nitrogens is 1. The minimum Gasteiger partial charge on any atom is -0.333 e. The molecule has 90 valence electrons. The number of urea groups is 1. The first kappa shape index (κ1) is 12.9. The summed E-state index contributed by atoms with van der Waals surface area (Å²) in [7, 11) is 0. The van der Waals surface area contributed by atoms with E-state index in [0.29, 0.717) is 5.13 Å². The number of amides is 2. The Bertz CT molecular complexity index is 367. The summed E-state index contributed by atoms with van der Waals surface area (Å²) in [5.41, 5.74) is 6.20. The van der Waals surface area contributed by atoms with Crippen LogP contribution in [-0.2, 0) is 0 Å². The van der Waals surface area contributed by atoms with Crippen LogP contribution in [0.25, 0.3) is 0 Å². The zero-order valence-corrected chi connectivity index (χ0v) is 10.8. The molecule has 0 spiro atoms. The third kappa shape index (κ3) is 4.16. The molecule has 0 aliphatic heterocycles. The van der Waals surface area contributed by atoms with E-state index in [-0.39, 0.29) is 17.6 Å². The Morgan fingerprint density at radius 3 is 2.62 bits per heavy atom. The van der Waals surface area contributed by atoms with Gasteiger partial charge in [-0.15, -0.1) is 11.3 Å². The average Bonchev–Trinajstić information content (AvgIpc) is 2.48. The van der Waals surface area contributed by atoms with E-state index in [1.165, 1.54) is 11.3 Å². The third-order valence-corrected chi connectivity index (χ3v) is 2.47. The lowest BCUT2D eigenvalue weighted by molar-refractivity contribution is 0.244. The van der Waals surface area contributed by atoms with Gasteiger partial charge in [0.15, 0.2) is 5.13 Å². The summed E-state index contributed by atoms with van der Waals surface area (Å²) in [4.78, 5) is 15.7. The van der Waals surface area contributed by atoms with Crippen molar-refractivity contribution >= 4 is 22.5 Å². The van der Waals surface area contributed by atoms with Gasteiger partial charge >= 0.3 is 6.03 Å². The van der Waals surface area contributed by atoms with Gasteiger partial charge in [0.25, 0.3) is 0 Å². The smallest absolute Gasteiger partial charge is 0.321 e. The molecule has 16 heavy (non-hydrogen) atoms. The zero-order valence-electron chi connectivity index (χ0n) is 10.00. The van der Waals surface area contributed by atoms with E-state index in [0.717, 1.165) is 5.69 Å². The molecule has 1 atom stereocenters. The van der Waals surface area contributed by atoms with Gasteiger partial charge in [-0.05, 0) is 27.7 Å². The number of nitrogens with zero attached hydrogens (tertiary/aromatic N) is 1. The number of hydrogen-bond donors (Lipinski definition) is 3. The summed E-state index contributed by atoms with van der Waals surface area (Å²) < 4.78 is 0. The van der Waals surface area contributed by atoms with E-state index in [1.807, 2.05) is 33.1 Å². The molecule has 1 heterocycles. The van der Waals surface area contributed by atoms with Gasteiger partial charge < -0.3 is 11.1 Å². The summed E-state index contributed by atoms with van der Waals surface area (Å²) in [5, 5.41) is 7.88. The normalized spacial score (nSPS) is 13.3. The van der Waals surface area contributed by atoms with E-state index in [9.17, 15) is 4.79 Å². The molecular formula is C10H18N4OS. The second-order valence-electron chi connectivity index (χ2n) is 4.70. The van der Waals surface area contributed by atoms with E-state index in [2.05, 4.69) is 15.6 Å². The van der Waals surface area contributed by atoms with Crippen molar-refractivity contribution < 1.29 is 4.79 Å². The third-order valence-electron chi connectivity index (χ3n) is 1.70. The van der Waals surface area contributed by atoms with E-state index >= 15 is 0 Å². The summed E-state index contributed by atoms with van der Waals surface area (Å²) >= 11 is 1.37. The van der Waals surface area contributed by atoms with Crippen molar-refractivity contribution in [1.82, 2.24) is 10.3 Å². The monoisotopic (exact) mass is 242 g/mol. The molecule has 0 radical (unpaired) electrons. The van der Waals surface area contributed by atoms with E-state index < -0.39 is 0 Å². The average molecular weight is 242 g/mol. The first-order valence-electron chi connectivity index (χ1n) is 5.08. The minimum atomic E-state index is -0.259. The van der Waals surface area contributed by atoms with Crippen molar-refractivity contribution in [3.05, 3.63) is 11.1 Å². The SMILES string of the molecule is CC(N)c1csc(NC(=O)NC(C)(C)C)n1. The Morgan fingerprint density at radius 1 is 1.56 bits per heavy atom. The van der Waals surface area contributed by atoms with Crippen LogP contribution < -0.4 is 16.4 Å². The lowest BCUT2D eigenvalue weighted by atomic mass is 10.1. The maximum atomic E-state index is 11.5. The van der Waals surface area contributed by atoms with Crippen LogP contribution in [0.2, 0.25) is 0 Å². The van der Waals surface area contributed by atoms with Crippen LogP contribution in [-0.4, -0.2) is 16.6 Å². The van der Waals surface area contributed by atoms with Crippen LogP contribution in [0.15, 0.2) is 5.38 Å². The van der Waals surface area contributed by atoms with Crippen LogP contribution in [0.3, 0.4) is 0 Å².